The first-order chi connectivity index (χ1) is 32.8. The van der Waals surface area contributed by atoms with E-state index < -0.39 is 5.41 Å². The lowest BCUT2D eigenvalue weighted by Crippen LogP contribution is -2.29. The Bertz CT molecular complexity index is 3780. The fraction of sp³-hybridized carbons (Fsp3) is 0.0154. The van der Waals surface area contributed by atoms with Crippen LogP contribution in [0, 0.1) is 0 Å². The third-order valence-electron chi connectivity index (χ3n) is 14.6. The van der Waals surface area contributed by atoms with E-state index in [2.05, 4.69) is 254 Å². The van der Waals surface area contributed by atoms with E-state index in [1.807, 2.05) is 0 Å². The maximum atomic E-state index is 2.56. The molecule has 1 heteroatoms. The van der Waals surface area contributed by atoms with E-state index in [1.54, 1.807) is 0 Å². The maximum absolute atomic E-state index is 2.56. The average Bonchev–Trinajstić information content (AvgIpc) is 3.63. The number of anilines is 3. The first-order valence-corrected chi connectivity index (χ1v) is 23.0. The molecule has 0 saturated heterocycles. The third-order valence-corrected chi connectivity index (χ3v) is 14.6. The van der Waals surface area contributed by atoms with Crippen molar-refractivity contribution in [1.29, 1.82) is 0 Å². The van der Waals surface area contributed by atoms with Gasteiger partial charge in [0.15, 0.2) is 0 Å². The fourth-order valence-electron chi connectivity index (χ4n) is 12.0. The van der Waals surface area contributed by atoms with Crippen molar-refractivity contribution in [3.05, 3.63) is 271 Å². The Balaban J connectivity index is 1.15. The van der Waals surface area contributed by atoms with Gasteiger partial charge in [-0.2, -0.15) is 0 Å². The highest BCUT2D eigenvalue weighted by atomic mass is 15.1. The zero-order chi connectivity index (χ0) is 43.3. The van der Waals surface area contributed by atoms with Crippen molar-refractivity contribution in [3.8, 4) is 55.6 Å². The standard InChI is InChI=1S/C65H41N/c1-3-18-42(19-4-1)48-24-11-15-32-60(48)66(61-33-16-12-25-49(61)43-20-5-2-6-21-43)47-37-39-53-51-27-8-7-26-50(51)52-28-9-13-30-56(52)65(58(53)41-47)57-31-14-10-29-54(57)64-55-38-36-45-23-17-22-44-34-35-46(40-59(64)65)63(55)62(44)45/h1-41H. The molecule has 1 spiro atoms. The Hall–Kier alpha value is -8.52. The molecule has 1 unspecified atom stereocenters. The van der Waals surface area contributed by atoms with Crippen LogP contribution < -0.4 is 4.90 Å². The first-order valence-electron chi connectivity index (χ1n) is 23.0. The van der Waals surface area contributed by atoms with Gasteiger partial charge in [-0.15, -0.1) is 0 Å². The van der Waals surface area contributed by atoms with Crippen LogP contribution in [0.15, 0.2) is 249 Å². The summed E-state index contributed by atoms with van der Waals surface area (Å²) >= 11 is 0. The van der Waals surface area contributed by atoms with E-state index in [0.717, 1.165) is 17.1 Å². The van der Waals surface area contributed by atoms with Crippen LogP contribution >= 0.6 is 0 Å². The van der Waals surface area contributed by atoms with E-state index >= 15 is 0 Å². The number of para-hydroxylation sites is 2. The van der Waals surface area contributed by atoms with Gasteiger partial charge in [-0.05, 0) is 129 Å². The van der Waals surface area contributed by atoms with Crippen LogP contribution in [0.1, 0.15) is 22.3 Å². The van der Waals surface area contributed by atoms with Crippen molar-refractivity contribution in [3.63, 3.8) is 0 Å². The zero-order valence-electron chi connectivity index (χ0n) is 36.1. The summed E-state index contributed by atoms with van der Waals surface area (Å²) in [6.07, 6.45) is 0. The lowest BCUT2D eigenvalue weighted by Gasteiger charge is -2.37. The summed E-state index contributed by atoms with van der Waals surface area (Å²) in [5.74, 6) is 0. The largest absolute Gasteiger partial charge is 0.309 e. The van der Waals surface area contributed by atoms with Crippen LogP contribution in [-0.4, -0.2) is 0 Å². The van der Waals surface area contributed by atoms with Gasteiger partial charge in [0.05, 0.1) is 16.8 Å². The highest BCUT2D eigenvalue weighted by Crippen LogP contribution is 2.64. The van der Waals surface area contributed by atoms with Crippen LogP contribution in [0.3, 0.4) is 0 Å². The molecular formula is C65H41N. The number of fused-ring (bicyclic) bond motifs is 13. The molecule has 306 valence electrons. The second-order valence-electron chi connectivity index (χ2n) is 17.9. The van der Waals surface area contributed by atoms with E-state index in [9.17, 15) is 0 Å². The number of benzene rings is 12. The molecule has 12 aromatic rings. The third kappa shape index (κ3) is 5.11. The van der Waals surface area contributed by atoms with Crippen molar-refractivity contribution in [1.82, 2.24) is 0 Å². The van der Waals surface area contributed by atoms with Crippen molar-refractivity contribution in [2.75, 3.05) is 4.90 Å². The Morgan fingerprint density at radius 3 is 1.39 bits per heavy atom. The molecule has 1 nitrogen and oxygen atoms in total. The molecule has 0 fully saturated rings. The van der Waals surface area contributed by atoms with Crippen molar-refractivity contribution >= 4 is 49.4 Å². The highest BCUT2D eigenvalue weighted by molar-refractivity contribution is 6.27. The molecule has 0 N–H and O–H groups in total. The van der Waals surface area contributed by atoms with Crippen molar-refractivity contribution in [2.45, 2.75) is 5.41 Å². The van der Waals surface area contributed by atoms with Crippen molar-refractivity contribution < 1.29 is 0 Å². The summed E-state index contributed by atoms with van der Waals surface area (Å²) in [4.78, 5) is 2.52. The summed E-state index contributed by atoms with van der Waals surface area (Å²) in [5.41, 5.74) is 20.2. The van der Waals surface area contributed by atoms with Gasteiger partial charge >= 0.3 is 0 Å². The van der Waals surface area contributed by atoms with Crippen LogP contribution in [0.25, 0.3) is 88.0 Å². The Labute approximate surface area is 384 Å². The molecule has 0 heterocycles. The van der Waals surface area contributed by atoms with Gasteiger partial charge in [-0.1, -0.05) is 218 Å². The van der Waals surface area contributed by atoms with Gasteiger partial charge in [0.1, 0.15) is 0 Å². The van der Waals surface area contributed by atoms with E-state index in [4.69, 9.17) is 0 Å². The monoisotopic (exact) mass is 835 g/mol. The summed E-state index contributed by atoms with van der Waals surface area (Å²) < 4.78 is 0. The van der Waals surface area contributed by atoms with E-state index in [-0.39, 0.29) is 0 Å². The summed E-state index contributed by atoms with van der Waals surface area (Å²) in [7, 11) is 0. The zero-order valence-corrected chi connectivity index (χ0v) is 36.1. The molecule has 12 aromatic carbocycles. The highest BCUT2D eigenvalue weighted by Gasteiger charge is 2.50. The number of hydrogen-bond acceptors (Lipinski definition) is 1. The predicted octanol–water partition coefficient (Wildman–Crippen LogP) is 17.4. The summed E-state index contributed by atoms with van der Waals surface area (Å²) in [6.45, 7) is 0. The van der Waals surface area contributed by atoms with Crippen LogP contribution in [-0.2, 0) is 5.41 Å². The second-order valence-corrected chi connectivity index (χ2v) is 17.9. The molecule has 14 rings (SSSR count). The molecule has 2 aliphatic rings. The summed E-state index contributed by atoms with van der Waals surface area (Å²) in [5, 5.41) is 7.83. The Kier molecular flexibility index (Phi) is 7.97. The Morgan fingerprint density at radius 2 is 0.758 bits per heavy atom. The lowest BCUT2D eigenvalue weighted by molar-refractivity contribution is 0.777. The fourth-order valence-corrected chi connectivity index (χ4v) is 12.0. The number of hydrogen-bond donors (Lipinski definition) is 0. The van der Waals surface area contributed by atoms with E-state index in [1.165, 1.54) is 110 Å². The molecule has 0 bridgehead atoms. The molecule has 0 radical (unpaired) electrons. The molecule has 0 amide bonds. The van der Waals surface area contributed by atoms with Gasteiger partial charge in [-0.3, -0.25) is 0 Å². The quantitative estimate of drug-likeness (QED) is 0.156. The minimum Gasteiger partial charge on any atom is -0.309 e. The van der Waals surface area contributed by atoms with Gasteiger partial charge in [0, 0.05) is 16.8 Å². The molecule has 0 saturated carbocycles. The molecule has 1 atom stereocenters. The number of rotatable bonds is 5. The second kappa shape index (κ2) is 14.2. The first kappa shape index (κ1) is 36.9. The van der Waals surface area contributed by atoms with Gasteiger partial charge < -0.3 is 4.90 Å². The van der Waals surface area contributed by atoms with E-state index in [0.29, 0.717) is 0 Å². The van der Waals surface area contributed by atoms with Gasteiger partial charge in [0.25, 0.3) is 0 Å². The molecule has 2 aliphatic carbocycles. The van der Waals surface area contributed by atoms with Crippen LogP contribution in [0.2, 0.25) is 0 Å². The number of nitrogens with zero attached hydrogens (tertiary/aromatic N) is 1. The molecule has 66 heavy (non-hydrogen) atoms. The topological polar surface area (TPSA) is 3.24 Å². The molecule has 0 aromatic heterocycles. The molecule has 0 aliphatic heterocycles. The van der Waals surface area contributed by atoms with Crippen molar-refractivity contribution in [2.24, 2.45) is 0 Å². The smallest absolute Gasteiger partial charge is 0.0726 e. The maximum Gasteiger partial charge on any atom is 0.0726 e. The summed E-state index contributed by atoms with van der Waals surface area (Å²) in [6, 6.07) is 93.1. The average molecular weight is 836 g/mol. The lowest BCUT2D eigenvalue weighted by atomic mass is 9.65. The minimum atomic E-state index is -0.680. The SMILES string of the molecule is c1ccc(-c2ccccc2N(c2ccc3c(c2)C2(c4ccccc4-c4ccccc4-3)c3ccccc3-c3c2cc2ccc4cccc5ccc3c2c45)c2ccccc2-c2ccccc2)cc1. The van der Waals surface area contributed by atoms with Crippen LogP contribution in [0.5, 0.6) is 0 Å². The minimum absolute atomic E-state index is 0.680. The Morgan fingerprint density at radius 1 is 0.273 bits per heavy atom. The van der Waals surface area contributed by atoms with Gasteiger partial charge in [0.2, 0.25) is 0 Å². The normalized spacial score (nSPS) is 14.4. The molecular weight excluding hydrogens is 795 g/mol. The van der Waals surface area contributed by atoms with Crippen LogP contribution in [0.4, 0.5) is 17.1 Å². The van der Waals surface area contributed by atoms with Gasteiger partial charge in [-0.25, -0.2) is 0 Å². The predicted molar refractivity (Wildman–Crippen MR) is 277 cm³/mol.